The van der Waals surface area contributed by atoms with Gasteiger partial charge in [0.05, 0.1) is 11.6 Å². The molecule has 4 aromatic rings. The third-order valence-corrected chi connectivity index (χ3v) is 7.27. The van der Waals surface area contributed by atoms with Crippen LogP contribution in [-0.4, -0.2) is 49.0 Å². The number of aliphatic hydroxyl groups is 1. The minimum absolute atomic E-state index is 0.0760. The first kappa shape index (κ1) is 25.1. The molecule has 2 N–H and O–H groups in total. The molecular weight excluding hydrogens is 476 g/mol. The number of Topliss-reactive ketones (excluding diaryl/α,β-unsaturated/α-hetero) is 1. The number of benzene rings is 3. The normalized spacial score (nSPS) is 16.8. The summed E-state index contributed by atoms with van der Waals surface area (Å²) in [5.74, 6) is -1.56. The molecule has 1 aromatic heterocycles. The average Bonchev–Trinajstić information content (AvgIpc) is 3.48. The first-order valence-electron chi connectivity index (χ1n) is 12.9. The number of carbonyl (C=O) groups excluding carboxylic acids is 2. The summed E-state index contributed by atoms with van der Waals surface area (Å²) < 4.78 is 0. The number of aromatic amines is 1. The minimum Gasteiger partial charge on any atom is -0.507 e. The van der Waals surface area contributed by atoms with Crippen molar-refractivity contribution in [3.63, 3.8) is 0 Å². The molecule has 38 heavy (non-hydrogen) atoms. The van der Waals surface area contributed by atoms with Crippen LogP contribution in [0.5, 0.6) is 0 Å². The summed E-state index contributed by atoms with van der Waals surface area (Å²) in [7, 11) is 3.89. The van der Waals surface area contributed by atoms with Crippen LogP contribution in [0.3, 0.4) is 0 Å². The van der Waals surface area contributed by atoms with Gasteiger partial charge in [0.1, 0.15) is 5.76 Å². The molecule has 0 spiro atoms. The van der Waals surface area contributed by atoms with Gasteiger partial charge in [-0.05, 0) is 61.9 Å². The van der Waals surface area contributed by atoms with Crippen molar-refractivity contribution in [1.82, 2.24) is 4.98 Å². The molecule has 1 saturated heterocycles. The van der Waals surface area contributed by atoms with E-state index in [4.69, 9.17) is 0 Å². The van der Waals surface area contributed by atoms with E-state index in [1.165, 1.54) is 4.90 Å². The van der Waals surface area contributed by atoms with Gasteiger partial charge in [0.2, 0.25) is 0 Å². The fraction of sp³-hybridized carbons (Fsp3) is 0.226. The lowest BCUT2D eigenvalue weighted by atomic mass is 9.94. The fourth-order valence-electron chi connectivity index (χ4n) is 5.19. The van der Waals surface area contributed by atoms with Crippen molar-refractivity contribution in [3.05, 3.63) is 95.7 Å². The molecular formula is C31H32N4O3. The van der Waals surface area contributed by atoms with Crippen LogP contribution in [0.4, 0.5) is 17.1 Å². The number of carbonyl (C=O) groups is 2. The molecule has 5 rings (SSSR count). The number of H-pyrrole nitrogens is 1. The molecule has 1 unspecified atom stereocenters. The SMILES string of the molecule is CCN(CC)c1ccc(C2/C(=C(/O)c3c[nH]c4ccccc34)C(=O)C(=O)N2c2ccc(N(C)C)cc2)cc1. The van der Waals surface area contributed by atoms with Gasteiger partial charge in [0.25, 0.3) is 11.7 Å². The predicted molar refractivity (Wildman–Crippen MR) is 154 cm³/mol. The lowest BCUT2D eigenvalue weighted by Crippen LogP contribution is -2.29. The largest absolute Gasteiger partial charge is 0.507 e. The lowest BCUT2D eigenvalue weighted by Gasteiger charge is -2.27. The summed E-state index contributed by atoms with van der Waals surface area (Å²) in [6, 6.07) is 22.2. The van der Waals surface area contributed by atoms with Crippen molar-refractivity contribution in [2.24, 2.45) is 0 Å². The zero-order chi connectivity index (χ0) is 27.0. The molecule has 1 aliphatic rings. The number of amides is 1. The van der Waals surface area contributed by atoms with E-state index in [1.54, 1.807) is 6.20 Å². The molecule has 0 saturated carbocycles. The predicted octanol–water partition coefficient (Wildman–Crippen LogP) is 5.71. The third kappa shape index (κ3) is 4.20. The molecule has 0 bridgehead atoms. The number of aromatic nitrogens is 1. The lowest BCUT2D eigenvalue weighted by molar-refractivity contribution is -0.132. The molecule has 194 valence electrons. The van der Waals surface area contributed by atoms with Crippen molar-refractivity contribution < 1.29 is 14.7 Å². The molecule has 1 fully saturated rings. The number of nitrogens with zero attached hydrogens (tertiary/aromatic N) is 3. The van der Waals surface area contributed by atoms with Crippen molar-refractivity contribution >= 4 is 45.4 Å². The molecule has 1 aliphatic heterocycles. The van der Waals surface area contributed by atoms with Crippen LogP contribution in [0.1, 0.15) is 31.0 Å². The Labute approximate surface area is 222 Å². The molecule has 2 heterocycles. The van der Waals surface area contributed by atoms with Crippen LogP contribution < -0.4 is 14.7 Å². The second-order valence-corrected chi connectivity index (χ2v) is 9.59. The van der Waals surface area contributed by atoms with E-state index < -0.39 is 17.7 Å². The van der Waals surface area contributed by atoms with E-state index in [1.807, 2.05) is 91.8 Å². The number of nitrogens with one attached hydrogen (secondary N) is 1. The Kier molecular flexibility index (Phi) is 6.68. The van der Waals surface area contributed by atoms with Crippen LogP contribution >= 0.6 is 0 Å². The number of hydrogen-bond donors (Lipinski definition) is 2. The van der Waals surface area contributed by atoms with Gasteiger partial charge in [0, 0.05) is 66.9 Å². The number of rotatable bonds is 7. The number of anilines is 3. The zero-order valence-corrected chi connectivity index (χ0v) is 22.1. The van der Waals surface area contributed by atoms with Crippen LogP contribution in [-0.2, 0) is 9.59 Å². The number of aliphatic hydroxyl groups excluding tert-OH is 1. The van der Waals surface area contributed by atoms with E-state index in [9.17, 15) is 14.7 Å². The minimum atomic E-state index is -0.778. The Bertz CT molecular complexity index is 1510. The van der Waals surface area contributed by atoms with Gasteiger partial charge < -0.3 is 19.9 Å². The summed E-state index contributed by atoms with van der Waals surface area (Å²) in [6.45, 7) is 5.94. The Morgan fingerprint density at radius 3 is 2.16 bits per heavy atom. The summed E-state index contributed by atoms with van der Waals surface area (Å²) in [4.78, 5) is 35.9. The summed E-state index contributed by atoms with van der Waals surface area (Å²) in [5.41, 5.74) is 4.78. The standard InChI is InChI=1S/C31H32N4O3/c1-5-34(6-2)22-13-11-20(12-14-22)28-27(29(36)25-19-32-26-10-8-7-9-24(25)26)30(37)31(38)35(28)23-17-15-21(16-18-23)33(3)4/h7-19,28,32,36H,5-6H2,1-4H3/b29-27-. The summed E-state index contributed by atoms with van der Waals surface area (Å²) in [6.07, 6.45) is 1.68. The van der Waals surface area contributed by atoms with Crippen molar-refractivity contribution in [1.29, 1.82) is 0 Å². The molecule has 7 nitrogen and oxygen atoms in total. The molecule has 0 radical (unpaired) electrons. The summed E-state index contributed by atoms with van der Waals surface area (Å²) >= 11 is 0. The first-order chi connectivity index (χ1) is 18.3. The van der Waals surface area contributed by atoms with Crippen molar-refractivity contribution in [2.75, 3.05) is 41.9 Å². The molecule has 7 heteroatoms. The van der Waals surface area contributed by atoms with Gasteiger partial charge in [-0.3, -0.25) is 14.5 Å². The molecule has 1 amide bonds. The maximum absolute atomic E-state index is 13.6. The highest BCUT2D eigenvalue weighted by Crippen LogP contribution is 2.43. The smallest absolute Gasteiger partial charge is 0.300 e. The maximum Gasteiger partial charge on any atom is 0.300 e. The second kappa shape index (κ2) is 10.1. The number of para-hydroxylation sites is 1. The Morgan fingerprint density at radius 1 is 0.895 bits per heavy atom. The molecule has 1 atom stereocenters. The topological polar surface area (TPSA) is 79.9 Å². The van der Waals surface area contributed by atoms with Gasteiger partial charge >= 0.3 is 0 Å². The number of fused-ring (bicyclic) bond motifs is 1. The number of ketones is 1. The van der Waals surface area contributed by atoms with E-state index in [0.717, 1.165) is 40.9 Å². The third-order valence-electron chi connectivity index (χ3n) is 7.27. The fourth-order valence-corrected chi connectivity index (χ4v) is 5.19. The van der Waals surface area contributed by atoms with E-state index in [2.05, 4.69) is 23.7 Å². The van der Waals surface area contributed by atoms with Gasteiger partial charge in [-0.1, -0.05) is 30.3 Å². The molecule has 0 aliphatic carbocycles. The van der Waals surface area contributed by atoms with E-state index in [0.29, 0.717) is 11.3 Å². The maximum atomic E-state index is 13.6. The zero-order valence-electron chi connectivity index (χ0n) is 22.1. The van der Waals surface area contributed by atoms with Gasteiger partial charge in [-0.2, -0.15) is 0 Å². The highest BCUT2D eigenvalue weighted by Gasteiger charge is 2.47. The van der Waals surface area contributed by atoms with Gasteiger partial charge in [0.15, 0.2) is 0 Å². The second-order valence-electron chi connectivity index (χ2n) is 9.59. The highest BCUT2D eigenvalue weighted by atomic mass is 16.3. The quantitative estimate of drug-likeness (QED) is 0.190. The Hall–Kier alpha value is -4.52. The Balaban J connectivity index is 1.69. The van der Waals surface area contributed by atoms with Crippen LogP contribution in [0.25, 0.3) is 16.7 Å². The Morgan fingerprint density at radius 2 is 1.53 bits per heavy atom. The van der Waals surface area contributed by atoms with Crippen LogP contribution in [0.2, 0.25) is 0 Å². The monoisotopic (exact) mass is 508 g/mol. The van der Waals surface area contributed by atoms with Gasteiger partial charge in [-0.25, -0.2) is 0 Å². The van der Waals surface area contributed by atoms with Gasteiger partial charge in [-0.15, -0.1) is 0 Å². The first-order valence-corrected chi connectivity index (χ1v) is 12.9. The van der Waals surface area contributed by atoms with Crippen molar-refractivity contribution in [2.45, 2.75) is 19.9 Å². The highest BCUT2D eigenvalue weighted by molar-refractivity contribution is 6.51. The van der Waals surface area contributed by atoms with Crippen LogP contribution in [0, 0.1) is 0 Å². The average molecular weight is 509 g/mol. The van der Waals surface area contributed by atoms with E-state index >= 15 is 0 Å². The summed E-state index contributed by atoms with van der Waals surface area (Å²) in [5, 5.41) is 12.4. The van der Waals surface area contributed by atoms with Crippen molar-refractivity contribution in [3.8, 4) is 0 Å². The number of hydrogen-bond acceptors (Lipinski definition) is 5. The van der Waals surface area contributed by atoms with Crippen LogP contribution in [0.15, 0.2) is 84.6 Å². The molecule has 3 aromatic carbocycles. The van der Waals surface area contributed by atoms with E-state index in [-0.39, 0.29) is 11.3 Å².